The van der Waals surface area contributed by atoms with Crippen molar-refractivity contribution in [1.82, 2.24) is 0 Å². The van der Waals surface area contributed by atoms with Crippen LogP contribution in [0.3, 0.4) is 0 Å². The van der Waals surface area contributed by atoms with Gasteiger partial charge in [0.15, 0.2) is 0 Å². The summed E-state index contributed by atoms with van der Waals surface area (Å²) >= 11 is 0. The third kappa shape index (κ3) is 11.9. The molecule has 4 heteroatoms. The normalized spacial score (nSPS) is 10.4. The molecule has 0 N–H and O–H groups in total. The predicted octanol–water partition coefficient (Wildman–Crippen LogP) is 9.53. The summed E-state index contributed by atoms with van der Waals surface area (Å²) in [6.07, 6.45) is 0. The Bertz CT molecular complexity index is 1860. The van der Waals surface area contributed by atoms with E-state index >= 15 is 0 Å². The zero-order chi connectivity index (χ0) is 38.7. The van der Waals surface area contributed by atoms with E-state index in [0.717, 1.165) is 0 Å². The van der Waals surface area contributed by atoms with Crippen LogP contribution in [0.5, 0.6) is 0 Å². The molecule has 0 saturated heterocycles. The second kappa shape index (κ2) is 23.2. The van der Waals surface area contributed by atoms with Crippen LogP contribution in [0, 0.1) is 0 Å². The smallest absolute Gasteiger partial charge is 0.0620 e. The zero-order valence-corrected chi connectivity index (χ0v) is 36.3. The largest absolute Gasteiger partial charge is 0.102 e. The summed E-state index contributed by atoms with van der Waals surface area (Å²) in [6.45, 7) is 0. The van der Waals surface area contributed by atoms with Gasteiger partial charge in [-0.1, -0.05) is 164 Å². The molecular formula is C54H48NiP3+3. The first-order chi connectivity index (χ1) is 28.3. The molecular weight excluding hydrogens is 800 g/mol. The van der Waals surface area contributed by atoms with Crippen LogP contribution in [-0.4, -0.2) is 0 Å². The minimum atomic E-state index is -0.877. The van der Waals surface area contributed by atoms with E-state index in [1.54, 1.807) is 0 Å². The first-order valence-electron chi connectivity index (χ1n) is 19.4. The van der Waals surface area contributed by atoms with Crippen LogP contribution in [0.1, 0.15) is 0 Å². The van der Waals surface area contributed by atoms with Crippen molar-refractivity contribution in [2.45, 2.75) is 0 Å². The number of hydrogen-bond acceptors (Lipinski definition) is 0. The van der Waals surface area contributed by atoms with E-state index in [1.807, 2.05) is 0 Å². The van der Waals surface area contributed by atoms with Gasteiger partial charge in [-0.25, -0.2) is 0 Å². The molecule has 9 aromatic carbocycles. The van der Waals surface area contributed by atoms with Crippen molar-refractivity contribution in [1.29, 1.82) is 0 Å². The summed E-state index contributed by atoms with van der Waals surface area (Å²) in [7, 11) is -2.63. The van der Waals surface area contributed by atoms with Gasteiger partial charge in [0.25, 0.3) is 0 Å². The Labute approximate surface area is 358 Å². The molecule has 0 fully saturated rings. The third-order valence-electron chi connectivity index (χ3n) is 9.56. The molecule has 0 aromatic heterocycles. The molecule has 0 amide bonds. The van der Waals surface area contributed by atoms with Gasteiger partial charge in [-0.3, -0.25) is 0 Å². The molecule has 0 bridgehead atoms. The molecule has 0 aliphatic rings. The Hall–Kier alpha value is -5.24. The Morgan fingerprint density at radius 3 is 0.310 bits per heavy atom. The monoisotopic (exact) mass is 847 g/mol. The van der Waals surface area contributed by atoms with Crippen molar-refractivity contribution in [3.05, 3.63) is 273 Å². The molecule has 286 valence electrons. The van der Waals surface area contributed by atoms with E-state index in [0.29, 0.717) is 0 Å². The average molecular weight is 849 g/mol. The fraction of sp³-hybridized carbons (Fsp3) is 0. The molecule has 58 heavy (non-hydrogen) atoms. The van der Waals surface area contributed by atoms with Crippen molar-refractivity contribution >= 4 is 71.5 Å². The topological polar surface area (TPSA) is 0 Å². The fourth-order valence-corrected chi connectivity index (χ4v) is 14.7. The summed E-state index contributed by atoms with van der Waals surface area (Å²) in [5.74, 6) is 0. The Balaban J connectivity index is 0.000000145. The van der Waals surface area contributed by atoms with E-state index in [2.05, 4.69) is 273 Å². The van der Waals surface area contributed by atoms with Gasteiger partial charge >= 0.3 is 0 Å². The van der Waals surface area contributed by atoms with E-state index in [-0.39, 0.29) is 16.5 Å². The zero-order valence-electron chi connectivity index (χ0n) is 32.3. The number of benzene rings is 9. The molecule has 0 radical (unpaired) electrons. The minimum absolute atomic E-state index is 0. The molecule has 9 aromatic rings. The summed E-state index contributed by atoms with van der Waals surface area (Å²) < 4.78 is 0. The standard InChI is InChI=1S/3C18H15P.Ni/c3*1-4-10-16(11-5-1)19(17-12-6-2-7-13-17)18-14-8-3-9-15-18;/h3*1-15H;/p+3. The van der Waals surface area contributed by atoms with E-state index in [4.69, 9.17) is 0 Å². The SMILES string of the molecule is [Ni].c1ccc([PH+](c2ccccc2)c2ccccc2)cc1.c1ccc([PH+](c2ccccc2)c2ccccc2)cc1.c1ccc([PH+](c2ccccc2)c2ccccc2)cc1. The van der Waals surface area contributed by atoms with Crippen LogP contribution in [0.25, 0.3) is 0 Å². The van der Waals surface area contributed by atoms with Crippen LogP contribution in [0.2, 0.25) is 0 Å². The summed E-state index contributed by atoms with van der Waals surface area (Å²) in [5.41, 5.74) is 0. The molecule has 0 aliphatic heterocycles. The van der Waals surface area contributed by atoms with Crippen LogP contribution < -0.4 is 47.7 Å². The molecule has 0 saturated carbocycles. The van der Waals surface area contributed by atoms with E-state index in [1.165, 1.54) is 47.7 Å². The van der Waals surface area contributed by atoms with E-state index < -0.39 is 23.8 Å². The van der Waals surface area contributed by atoms with Crippen LogP contribution in [0.4, 0.5) is 0 Å². The molecule has 9 rings (SSSR count). The quantitative estimate of drug-likeness (QED) is 0.100. The second-order valence-corrected chi connectivity index (χ2v) is 20.9. The predicted molar refractivity (Wildman–Crippen MR) is 260 cm³/mol. The summed E-state index contributed by atoms with van der Waals surface area (Å²) in [5, 5.41) is 12.9. The number of rotatable bonds is 9. The van der Waals surface area contributed by atoms with Crippen LogP contribution in [-0.2, 0) is 16.5 Å². The number of hydrogen-bond donors (Lipinski definition) is 0. The van der Waals surface area contributed by atoms with Gasteiger partial charge in [0.05, 0.1) is 23.8 Å². The Kier molecular flexibility index (Phi) is 17.0. The summed E-state index contributed by atoms with van der Waals surface area (Å²) in [6, 6.07) is 97.5. The second-order valence-electron chi connectivity index (χ2n) is 13.4. The Morgan fingerprint density at radius 1 is 0.138 bits per heavy atom. The maximum atomic E-state index is 2.24. The Morgan fingerprint density at radius 2 is 0.224 bits per heavy atom. The van der Waals surface area contributed by atoms with Crippen molar-refractivity contribution in [3.8, 4) is 0 Å². The molecule has 0 heterocycles. The first-order valence-corrected chi connectivity index (χ1v) is 23.9. The third-order valence-corrected chi connectivity index (χ3v) is 17.8. The molecule has 0 nitrogen and oxygen atoms in total. The maximum absolute atomic E-state index is 2.24. The average Bonchev–Trinajstić information content (AvgIpc) is 3.30. The maximum Gasteiger partial charge on any atom is 0.102 e. The van der Waals surface area contributed by atoms with Crippen molar-refractivity contribution in [2.75, 3.05) is 0 Å². The van der Waals surface area contributed by atoms with E-state index in [9.17, 15) is 0 Å². The van der Waals surface area contributed by atoms with Gasteiger partial charge in [-0.05, 0) is 109 Å². The molecule has 0 atom stereocenters. The van der Waals surface area contributed by atoms with Crippen LogP contribution in [0.15, 0.2) is 273 Å². The fourth-order valence-electron chi connectivity index (χ4n) is 6.94. The van der Waals surface area contributed by atoms with Gasteiger partial charge in [-0.15, -0.1) is 0 Å². The van der Waals surface area contributed by atoms with Gasteiger partial charge in [0.2, 0.25) is 0 Å². The molecule has 0 spiro atoms. The van der Waals surface area contributed by atoms with Crippen molar-refractivity contribution in [2.24, 2.45) is 0 Å². The van der Waals surface area contributed by atoms with Crippen molar-refractivity contribution < 1.29 is 16.5 Å². The van der Waals surface area contributed by atoms with Crippen LogP contribution >= 0.6 is 23.8 Å². The van der Waals surface area contributed by atoms with Gasteiger partial charge in [0.1, 0.15) is 47.7 Å². The first kappa shape index (κ1) is 42.4. The molecule has 0 aliphatic carbocycles. The molecule has 0 unspecified atom stereocenters. The van der Waals surface area contributed by atoms with Gasteiger partial charge < -0.3 is 0 Å². The van der Waals surface area contributed by atoms with Gasteiger partial charge in [-0.2, -0.15) is 0 Å². The summed E-state index contributed by atoms with van der Waals surface area (Å²) in [4.78, 5) is 0. The van der Waals surface area contributed by atoms with Crippen molar-refractivity contribution in [3.63, 3.8) is 0 Å². The van der Waals surface area contributed by atoms with Gasteiger partial charge in [0, 0.05) is 16.5 Å². The minimum Gasteiger partial charge on any atom is -0.0620 e.